The molecule has 0 atom stereocenters. The van der Waals surface area contributed by atoms with E-state index in [1.54, 1.807) is 6.07 Å². The molecule has 2 aliphatic rings. The number of anilines is 3. The van der Waals surface area contributed by atoms with Crippen molar-refractivity contribution in [3.05, 3.63) is 42.1 Å². The predicted molar refractivity (Wildman–Crippen MR) is 107 cm³/mol. The first kappa shape index (κ1) is 18.2. The van der Waals surface area contributed by atoms with Crippen molar-refractivity contribution in [2.75, 3.05) is 54.9 Å². The summed E-state index contributed by atoms with van der Waals surface area (Å²) in [5.41, 5.74) is 2.53. The monoisotopic (exact) mass is 381 g/mol. The molecule has 0 radical (unpaired) electrons. The molecular formula is C20H23N5O3. The molecule has 1 saturated heterocycles. The van der Waals surface area contributed by atoms with E-state index >= 15 is 0 Å². The van der Waals surface area contributed by atoms with Gasteiger partial charge in [0.15, 0.2) is 6.61 Å². The molecule has 8 nitrogen and oxygen atoms in total. The Morgan fingerprint density at radius 2 is 2.04 bits per heavy atom. The number of fused-ring (bicyclic) bond motifs is 1. The molecule has 0 bridgehead atoms. The van der Waals surface area contributed by atoms with Gasteiger partial charge in [0.1, 0.15) is 5.69 Å². The summed E-state index contributed by atoms with van der Waals surface area (Å²) in [4.78, 5) is 33.1. The number of para-hydroxylation sites is 2. The smallest absolute Gasteiger partial charge is 0.262 e. The molecule has 2 amide bonds. The number of piperazine rings is 1. The molecule has 8 heteroatoms. The second-order valence-corrected chi connectivity index (χ2v) is 6.81. The lowest BCUT2D eigenvalue weighted by atomic mass is 10.2. The standard InChI is InChI=1S/C20H23N5O3/c1-2-24-7-9-25(10-8-24)17-6-4-3-5-15(17)23-19(27)14-11-16-20(21-12-14)28-13-18(26)22-16/h3-6,11-12H,2,7-10,13H2,1H3,(H,22,26)(H,23,27). The summed E-state index contributed by atoms with van der Waals surface area (Å²) in [5, 5.41) is 5.65. The van der Waals surface area contributed by atoms with E-state index in [9.17, 15) is 9.59 Å². The number of benzene rings is 1. The third-order valence-electron chi connectivity index (χ3n) is 5.04. The Kier molecular flexibility index (Phi) is 5.12. The van der Waals surface area contributed by atoms with Crippen LogP contribution in [-0.4, -0.2) is 61.0 Å². The summed E-state index contributed by atoms with van der Waals surface area (Å²) in [6, 6.07) is 9.38. The van der Waals surface area contributed by atoms with Crippen molar-refractivity contribution in [1.82, 2.24) is 9.88 Å². The molecule has 0 unspecified atom stereocenters. The summed E-state index contributed by atoms with van der Waals surface area (Å²) in [5.74, 6) is -0.219. The topological polar surface area (TPSA) is 86.8 Å². The van der Waals surface area contributed by atoms with Gasteiger partial charge in [0.05, 0.1) is 16.9 Å². The van der Waals surface area contributed by atoms with Gasteiger partial charge in [-0.3, -0.25) is 9.59 Å². The van der Waals surface area contributed by atoms with Crippen LogP contribution < -0.4 is 20.3 Å². The number of ether oxygens (including phenoxy) is 1. The Bertz CT molecular complexity index is 893. The van der Waals surface area contributed by atoms with Crippen LogP contribution in [0.1, 0.15) is 17.3 Å². The molecule has 0 saturated carbocycles. The molecule has 2 aromatic rings. The Balaban J connectivity index is 1.51. The van der Waals surface area contributed by atoms with Gasteiger partial charge in [-0.1, -0.05) is 19.1 Å². The molecule has 1 aromatic carbocycles. The lowest BCUT2D eigenvalue weighted by Gasteiger charge is -2.36. The molecule has 2 N–H and O–H groups in total. The van der Waals surface area contributed by atoms with E-state index in [1.165, 1.54) is 6.20 Å². The first-order valence-electron chi connectivity index (χ1n) is 9.44. The normalized spacial score (nSPS) is 16.8. The average Bonchev–Trinajstić information content (AvgIpc) is 2.73. The molecule has 28 heavy (non-hydrogen) atoms. The second kappa shape index (κ2) is 7.85. The highest BCUT2D eigenvalue weighted by Crippen LogP contribution is 2.29. The minimum Gasteiger partial charge on any atom is -0.466 e. The summed E-state index contributed by atoms with van der Waals surface area (Å²) in [6.07, 6.45) is 1.45. The van der Waals surface area contributed by atoms with Gasteiger partial charge in [-0.2, -0.15) is 0 Å². The number of hydrogen-bond donors (Lipinski definition) is 2. The van der Waals surface area contributed by atoms with E-state index in [0.29, 0.717) is 17.1 Å². The van der Waals surface area contributed by atoms with Crippen LogP contribution in [0.5, 0.6) is 5.88 Å². The minimum absolute atomic E-state index is 0.0653. The van der Waals surface area contributed by atoms with Crippen molar-refractivity contribution in [3.63, 3.8) is 0 Å². The molecule has 4 rings (SSSR count). The van der Waals surface area contributed by atoms with E-state index < -0.39 is 0 Å². The number of carbonyl (C=O) groups is 2. The highest BCUT2D eigenvalue weighted by atomic mass is 16.5. The Labute approximate surface area is 163 Å². The maximum absolute atomic E-state index is 12.8. The molecule has 0 spiro atoms. The van der Waals surface area contributed by atoms with Crippen LogP contribution in [0, 0.1) is 0 Å². The average molecular weight is 381 g/mol. The van der Waals surface area contributed by atoms with Crippen LogP contribution in [0.3, 0.4) is 0 Å². The lowest BCUT2D eigenvalue weighted by molar-refractivity contribution is -0.118. The number of aromatic nitrogens is 1. The molecule has 2 aliphatic heterocycles. The third kappa shape index (κ3) is 3.77. The molecule has 146 valence electrons. The highest BCUT2D eigenvalue weighted by Gasteiger charge is 2.21. The van der Waals surface area contributed by atoms with E-state index in [2.05, 4.69) is 32.3 Å². The van der Waals surface area contributed by atoms with Gasteiger partial charge in [0.2, 0.25) is 5.88 Å². The zero-order valence-electron chi connectivity index (χ0n) is 15.8. The van der Waals surface area contributed by atoms with Gasteiger partial charge >= 0.3 is 0 Å². The maximum atomic E-state index is 12.8. The van der Waals surface area contributed by atoms with Crippen LogP contribution in [0.2, 0.25) is 0 Å². The molecule has 1 aromatic heterocycles. The van der Waals surface area contributed by atoms with Crippen LogP contribution in [-0.2, 0) is 4.79 Å². The van der Waals surface area contributed by atoms with Crippen molar-refractivity contribution >= 4 is 28.9 Å². The number of carbonyl (C=O) groups excluding carboxylic acids is 2. The number of likely N-dealkylation sites (N-methyl/N-ethyl adjacent to an activating group) is 1. The lowest BCUT2D eigenvalue weighted by Crippen LogP contribution is -2.46. The summed E-state index contributed by atoms with van der Waals surface area (Å²) in [7, 11) is 0. The number of hydrogen-bond acceptors (Lipinski definition) is 6. The Morgan fingerprint density at radius 3 is 2.82 bits per heavy atom. The van der Waals surface area contributed by atoms with Gasteiger partial charge in [0.25, 0.3) is 11.8 Å². The van der Waals surface area contributed by atoms with E-state index in [1.807, 2.05) is 24.3 Å². The molecular weight excluding hydrogens is 358 g/mol. The highest BCUT2D eigenvalue weighted by molar-refractivity contribution is 6.07. The van der Waals surface area contributed by atoms with Crippen LogP contribution in [0.25, 0.3) is 0 Å². The first-order chi connectivity index (χ1) is 13.6. The van der Waals surface area contributed by atoms with E-state index in [-0.39, 0.29) is 18.4 Å². The number of nitrogens with one attached hydrogen (secondary N) is 2. The summed E-state index contributed by atoms with van der Waals surface area (Å²) < 4.78 is 5.24. The third-order valence-corrected chi connectivity index (χ3v) is 5.04. The number of pyridine rings is 1. The fourth-order valence-corrected chi connectivity index (χ4v) is 3.46. The van der Waals surface area contributed by atoms with Gasteiger partial charge in [-0.05, 0) is 24.7 Å². The number of nitrogens with zero attached hydrogens (tertiary/aromatic N) is 3. The van der Waals surface area contributed by atoms with Crippen LogP contribution in [0.4, 0.5) is 17.1 Å². The zero-order valence-corrected chi connectivity index (χ0v) is 15.8. The van der Waals surface area contributed by atoms with Crippen LogP contribution >= 0.6 is 0 Å². The number of rotatable bonds is 4. The largest absolute Gasteiger partial charge is 0.466 e. The molecule has 1 fully saturated rings. The zero-order chi connectivity index (χ0) is 19.5. The van der Waals surface area contributed by atoms with Gasteiger partial charge < -0.3 is 25.2 Å². The summed E-state index contributed by atoms with van der Waals surface area (Å²) >= 11 is 0. The van der Waals surface area contributed by atoms with Crippen molar-refractivity contribution < 1.29 is 14.3 Å². The fourth-order valence-electron chi connectivity index (χ4n) is 3.46. The summed E-state index contributed by atoms with van der Waals surface area (Å²) in [6.45, 7) is 7.02. The van der Waals surface area contributed by atoms with E-state index in [4.69, 9.17) is 4.74 Å². The van der Waals surface area contributed by atoms with Crippen molar-refractivity contribution in [3.8, 4) is 5.88 Å². The van der Waals surface area contributed by atoms with Crippen molar-refractivity contribution in [2.45, 2.75) is 6.92 Å². The second-order valence-electron chi connectivity index (χ2n) is 6.81. The maximum Gasteiger partial charge on any atom is 0.262 e. The molecule has 3 heterocycles. The Hall–Kier alpha value is -3.13. The fraction of sp³-hybridized carbons (Fsp3) is 0.350. The van der Waals surface area contributed by atoms with Gasteiger partial charge in [-0.25, -0.2) is 4.98 Å². The Morgan fingerprint density at radius 1 is 1.25 bits per heavy atom. The van der Waals surface area contributed by atoms with Gasteiger partial charge in [0, 0.05) is 32.4 Å². The van der Waals surface area contributed by atoms with E-state index in [0.717, 1.165) is 44.1 Å². The quantitative estimate of drug-likeness (QED) is 0.840. The minimum atomic E-state index is -0.283. The van der Waals surface area contributed by atoms with Crippen molar-refractivity contribution in [1.29, 1.82) is 0 Å². The first-order valence-corrected chi connectivity index (χ1v) is 9.44. The SMILES string of the molecule is CCN1CCN(c2ccccc2NC(=O)c2cnc3c(c2)NC(=O)CO3)CC1. The number of amides is 2. The molecule has 0 aliphatic carbocycles. The predicted octanol–water partition coefficient (Wildman–Crippen LogP) is 1.81. The van der Waals surface area contributed by atoms with Crippen molar-refractivity contribution in [2.24, 2.45) is 0 Å². The van der Waals surface area contributed by atoms with Gasteiger partial charge in [-0.15, -0.1) is 0 Å². The van der Waals surface area contributed by atoms with Crippen LogP contribution in [0.15, 0.2) is 36.5 Å².